The van der Waals surface area contributed by atoms with Gasteiger partial charge in [0, 0.05) is 18.7 Å². The van der Waals surface area contributed by atoms with Crippen molar-refractivity contribution in [3.63, 3.8) is 0 Å². The molecule has 0 amide bonds. The lowest BCUT2D eigenvalue weighted by atomic mass is 10.2. The van der Waals surface area contributed by atoms with Gasteiger partial charge in [-0.15, -0.1) is 0 Å². The minimum Gasteiger partial charge on any atom is -0.389 e. The van der Waals surface area contributed by atoms with Crippen LogP contribution in [0.5, 0.6) is 0 Å². The normalized spacial score (nSPS) is 12.2. The highest BCUT2D eigenvalue weighted by Gasteiger charge is 2.14. The largest absolute Gasteiger partial charge is 0.389 e. The SMILES string of the molecule is COCC(C)Nc1ccc(C(N)=S)c(Br)c1F. The van der Waals surface area contributed by atoms with Crippen LogP contribution in [-0.2, 0) is 4.74 Å². The van der Waals surface area contributed by atoms with Crippen molar-refractivity contribution in [3.8, 4) is 0 Å². The summed E-state index contributed by atoms with van der Waals surface area (Å²) in [4.78, 5) is 0.160. The molecule has 0 spiro atoms. The van der Waals surface area contributed by atoms with Crippen LogP contribution >= 0.6 is 28.1 Å². The first-order chi connectivity index (χ1) is 7.97. The lowest BCUT2D eigenvalue weighted by Gasteiger charge is -2.16. The molecule has 0 saturated heterocycles. The first kappa shape index (κ1) is 14.3. The van der Waals surface area contributed by atoms with Crippen molar-refractivity contribution in [1.29, 1.82) is 0 Å². The maximum absolute atomic E-state index is 14.0. The van der Waals surface area contributed by atoms with E-state index in [1.54, 1.807) is 19.2 Å². The van der Waals surface area contributed by atoms with Gasteiger partial charge in [0.15, 0.2) is 5.82 Å². The quantitative estimate of drug-likeness (QED) is 0.819. The summed E-state index contributed by atoms with van der Waals surface area (Å²) in [5.74, 6) is -0.404. The Morgan fingerprint density at radius 2 is 2.29 bits per heavy atom. The van der Waals surface area contributed by atoms with Crippen molar-refractivity contribution < 1.29 is 9.13 Å². The molecule has 0 aromatic heterocycles. The molecule has 1 rings (SSSR count). The van der Waals surface area contributed by atoms with Crippen molar-refractivity contribution in [2.45, 2.75) is 13.0 Å². The number of benzene rings is 1. The molecule has 3 nitrogen and oxygen atoms in total. The molecule has 1 aromatic carbocycles. The Morgan fingerprint density at radius 3 is 2.82 bits per heavy atom. The Hall–Kier alpha value is -0.720. The van der Waals surface area contributed by atoms with E-state index in [0.717, 1.165) is 0 Å². The fourth-order valence-corrected chi connectivity index (χ4v) is 2.27. The van der Waals surface area contributed by atoms with Crippen LogP contribution in [0.4, 0.5) is 10.1 Å². The van der Waals surface area contributed by atoms with E-state index >= 15 is 0 Å². The zero-order chi connectivity index (χ0) is 13.0. The highest BCUT2D eigenvalue weighted by atomic mass is 79.9. The molecule has 1 unspecified atom stereocenters. The Morgan fingerprint density at radius 1 is 1.65 bits per heavy atom. The maximum Gasteiger partial charge on any atom is 0.161 e. The first-order valence-corrected chi connectivity index (χ1v) is 6.20. The third-order valence-electron chi connectivity index (χ3n) is 2.17. The second-order valence-electron chi connectivity index (χ2n) is 3.65. The van der Waals surface area contributed by atoms with E-state index in [1.807, 2.05) is 6.92 Å². The number of nitrogens with two attached hydrogens (primary N) is 1. The highest BCUT2D eigenvalue weighted by Crippen LogP contribution is 2.27. The van der Waals surface area contributed by atoms with Gasteiger partial charge in [0.25, 0.3) is 0 Å². The summed E-state index contributed by atoms with van der Waals surface area (Å²) in [6.45, 7) is 2.40. The average molecular weight is 321 g/mol. The topological polar surface area (TPSA) is 47.3 Å². The van der Waals surface area contributed by atoms with E-state index < -0.39 is 5.82 Å². The van der Waals surface area contributed by atoms with E-state index in [0.29, 0.717) is 17.9 Å². The van der Waals surface area contributed by atoms with Gasteiger partial charge in [-0.2, -0.15) is 0 Å². The van der Waals surface area contributed by atoms with Crippen LogP contribution in [0.3, 0.4) is 0 Å². The minimum atomic E-state index is -0.404. The van der Waals surface area contributed by atoms with Crippen molar-refractivity contribution in [1.82, 2.24) is 0 Å². The summed E-state index contributed by atoms with van der Waals surface area (Å²) < 4.78 is 19.2. The van der Waals surface area contributed by atoms with E-state index in [-0.39, 0.29) is 15.5 Å². The van der Waals surface area contributed by atoms with Crippen LogP contribution in [0.2, 0.25) is 0 Å². The second-order valence-corrected chi connectivity index (χ2v) is 4.89. The summed E-state index contributed by atoms with van der Waals surface area (Å²) in [6, 6.07) is 3.30. The fraction of sp³-hybridized carbons (Fsp3) is 0.364. The van der Waals surface area contributed by atoms with Gasteiger partial charge < -0.3 is 15.8 Å². The Balaban J connectivity index is 2.96. The zero-order valence-electron chi connectivity index (χ0n) is 9.59. The number of halogens is 2. The molecular formula is C11H14BrFN2OS. The van der Waals surface area contributed by atoms with Crippen LogP contribution in [0.25, 0.3) is 0 Å². The molecule has 1 aromatic rings. The van der Waals surface area contributed by atoms with Gasteiger partial charge in [0.2, 0.25) is 0 Å². The van der Waals surface area contributed by atoms with Crippen molar-refractivity contribution in [3.05, 3.63) is 28.0 Å². The number of ether oxygens (including phenoxy) is 1. The predicted octanol–water partition coefficient (Wildman–Crippen LogP) is 2.67. The molecule has 0 aliphatic rings. The summed E-state index contributed by atoms with van der Waals surface area (Å²) in [5, 5.41) is 3.00. The van der Waals surface area contributed by atoms with E-state index in [9.17, 15) is 4.39 Å². The van der Waals surface area contributed by atoms with Crippen molar-refractivity contribution in [2.75, 3.05) is 19.0 Å². The second kappa shape index (κ2) is 6.28. The minimum absolute atomic E-state index is 0.0112. The van der Waals surface area contributed by atoms with Crippen LogP contribution in [0.1, 0.15) is 12.5 Å². The number of rotatable bonds is 5. The Labute approximate surface area is 114 Å². The first-order valence-electron chi connectivity index (χ1n) is 5.00. The standard InChI is InChI=1S/C11H14BrFN2OS/c1-6(5-16-2)15-8-4-3-7(11(14)17)9(12)10(8)13/h3-4,6,15H,5H2,1-2H3,(H2,14,17). The van der Waals surface area contributed by atoms with Crippen LogP contribution in [-0.4, -0.2) is 24.7 Å². The third kappa shape index (κ3) is 3.62. The van der Waals surface area contributed by atoms with E-state index in [1.165, 1.54) is 0 Å². The molecule has 0 fully saturated rings. The lowest BCUT2D eigenvalue weighted by molar-refractivity contribution is 0.190. The van der Waals surface area contributed by atoms with Gasteiger partial charge in [-0.05, 0) is 35.0 Å². The number of thiocarbonyl (C=S) groups is 1. The monoisotopic (exact) mass is 320 g/mol. The number of hydrogen-bond acceptors (Lipinski definition) is 3. The van der Waals surface area contributed by atoms with Gasteiger partial charge in [-0.25, -0.2) is 4.39 Å². The molecule has 0 saturated carbocycles. The Bertz CT molecular complexity index is 428. The Kier molecular flexibility index (Phi) is 5.30. The highest BCUT2D eigenvalue weighted by molar-refractivity contribution is 9.10. The van der Waals surface area contributed by atoms with Gasteiger partial charge in [-0.3, -0.25) is 0 Å². The lowest BCUT2D eigenvalue weighted by Crippen LogP contribution is -2.22. The van der Waals surface area contributed by atoms with Gasteiger partial charge in [-0.1, -0.05) is 12.2 Å². The average Bonchev–Trinajstić information content (AvgIpc) is 2.25. The molecule has 94 valence electrons. The van der Waals surface area contributed by atoms with E-state index in [4.69, 9.17) is 22.7 Å². The number of nitrogens with one attached hydrogen (secondary N) is 1. The van der Waals surface area contributed by atoms with Gasteiger partial charge in [0.1, 0.15) is 4.99 Å². The number of anilines is 1. The van der Waals surface area contributed by atoms with Crippen molar-refractivity contribution >= 4 is 38.8 Å². The van der Waals surface area contributed by atoms with Crippen LogP contribution in [0.15, 0.2) is 16.6 Å². The van der Waals surface area contributed by atoms with Crippen LogP contribution in [0, 0.1) is 5.82 Å². The summed E-state index contributed by atoms with van der Waals surface area (Å²) >= 11 is 7.97. The fourth-order valence-electron chi connectivity index (χ4n) is 1.41. The summed E-state index contributed by atoms with van der Waals surface area (Å²) in [7, 11) is 1.60. The molecule has 3 N–H and O–H groups in total. The molecule has 1 atom stereocenters. The number of hydrogen-bond donors (Lipinski definition) is 2. The zero-order valence-corrected chi connectivity index (χ0v) is 12.0. The molecule has 6 heteroatoms. The molecule has 17 heavy (non-hydrogen) atoms. The summed E-state index contributed by atoms with van der Waals surface area (Å²) in [5.41, 5.74) is 6.36. The van der Waals surface area contributed by atoms with Gasteiger partial charge >= 0.3 is 0 Å². The van der Waals surface area contributed by atoms with Gasteiger partial charge in [0.05, 0.1) is 16.8 Å². The van der Waals surface area contributed by atoms with Crippen molar-refractivity contribution in [2.24, 2.45) is 5.73 Å². The predicted molar refractivity (Wildman–Crippen MR) is 74.9 cm³/mol. The molecular weight excluding hydrogens is 307 g/mol. The molecule has 0 heterocycles. The third-order valence-corrected chi connectivity index (χ3v) is 3.16. The maximum atomic E-state index is 14.0. The smallest absolute Gasteiger partial charge is 0.161 e. The molecule has 0 aliphatic heterocycles. The van der Waals surface area contributed by atoms with E-state index in [2.05, 4.69) is 21.2 Å². The molecule has 0 radical (unpaired) electrons. The summed E-state index contributed by atoms with van der Waals surface area (Å²) in [6.07, 6.45) is 0. The molecule has 0 bridgehead atoms. The molecule has 0 aliphatic carbocycles. The van der Waals surface area contributed by atoms with Crippen LogP contribution < -0.4 is 11.1 Å². The number of methoxy groups -OCH3 is 1.